The summed E-state index contributed by atoms with van der Waals surface area (Å²) in [6.07, 6.45) is 4.19. The molecular formula is C14H25F2N3O. The van der Waals surface area contributed by atoms with Gasteiger partial charge in [0.2, 0.25) is 0 Å². The lowest BCUT2D eigenvalue weighted by Gasteiger charge is -2.17. The minimum Gasteiger partial charge on any atom is -0.375 e. The van der Waals surface area contributed by atoms with Crippen LogP contribution in [0.15, 0.2) is 12.4 Å². The van der Waals surface area contributed by atoms with Gasteiger partial charge in [0.1, 0.15) is 6.61 Å². The van der Waals surface area contributed by atoms with Crippen LogP contribution in [0.3, 0.4) is 0 Å². The smallest absolute Gasteiger partial charge is 0.261 e. The molecule has 0 amide bonds. The molecule has 0 spiro atoms. The lowest BCUT2D eigenvalue weighted by atomic mass is 10.1. The van der Waals surface area contributed by atoms with Crippen LogP contribution in [0.4, 0.5) is 8.78 Å². The Labute approximate surface area is 119 Å². The molecule has 1 unspecified atom stereocenters. The molecule has 0 fully saturated rings. The SMILES string of the molecule is CCCNC(CCOCC(F)F)c1cnn(CCC)c1. The molecular weight excluding hydrogens is 264 g/mol. The van der Waals surface area contributed by atoms with E-state index in [-0.39, 0.29) is 6.04 Å². The summed E-state index contributed by atoms with van der Waals surface area (Å²) in [7, 11) is 0. The van der Waals surface area contributed by atoms with Crippen molar-refractivity contribution >= 4 is 0 Å². The maximum absolute atomic E-state index is 12.0. The van der Waals surface area contributed by atoms with Gasteiger partial charge >= 0.3 is 0 Å². The quantitative estimate of drug-likeness (QED) is 0.637. The zero-order chi connectivity index (χ0) is 14.8. The second-order valence-corrected chi connectivity index (χ2v) is 4.80. The third-order valence-corrected chi connectivity index (χ3v) is 2.94. The third-order valence-electron chi connectivity index (χ3n) is 2.94. The van der Waals surface area contributed by atoms with E-state index in [1.165, 1.54) is 0 Å². The van der Waals surface area contributed by atoms with Crippen molar-refractivity contribution in [3.05, 3.63) is 18.0 Å². The van der Waals surface area contributed by atoms with E-state index in [2.05, 4.69) is 24.3 Å². The number of alkyl halides is 2. The average Bonchev–Trinajstić information content (AvgIpc) is 2.86. The van der Waals surface area contributed by atoms with E-state index in [9.17, 15) is 8.78 Å². The van der Waals surface area contributed by atoms with Crippen molar-refractivity contribution in [2.45, 2.75) is 52.1 Å². The molecule has 0 aliphatic heterocycles. The van der Waals surface area contributed by atoms with Crippen molar-refractivity contribution in [3.8, 4) is 0 Å². The summed E-state index contributed by atoms with van der Waals surface area (Å²) in [4.78, 5) is 0. The lowest BCUT2D eigenvalue weighted by Crippen LogP contribution is -2.23. The van der Waals surface area contributed by atoms with E-state index < -0.39 is 13.0 Å². The number of nitrogens with zero attached hydrogens (tertiary/aromatic N) is 2. The third kappa shape index (κ3) is 6.43. The van der Waals surface area contributed by atoms with Gasteiger partial charge < -0.3 is 10.1 Å². The molecule has 0 aliphatic carbocycles. The fourth-order valence-corrected chi connectivity index (χ4v) is 1.99. The molecule has 0 bridgehead atoms. The van der Waals surface area contributed by atoms with Crippen LogP contribution in [-0.4, -0.2) is 36.0 Å². The van der Waals surface area contributed by atoms with Crippen molar-refractivity contribution in [2.24, 2.45) is 0 Å². The van der Waals surface area contributed by atoms with Gasteiger partial charge in [0.05, 0.1) is 6.20 Å². The Hall–Kier alpha value is -1.01. The summed E-state index contributed by atoms with van der Waals surface area (Å²) in [5, 5.41) is 7.72. The number of aromatic nitrogens is 2. The van der Waals surface area contributed by atoms with E-state index >= 15 is 0 Å². The van der Waals surface area contributed by atoms with Crippen molar-refractivity contribution in [1.82, 2.24) is 15.1 Å². The van der Waals surface area contributed by atoms with Crippen LogP contribution in [0.1, 0.15) is 44.7 Å². The predicted octanol–water partition coefficient (Wildman–Crippen LogP) is 3.01. The molecule has 0 radical (unpaired) electrons. The second kappa shape index (κ2) is 9.83. The Morgan fingerprint density at radius 3 is 2.80 bits per heavy atom. The molecule has 4 nitrogen and oxygen atoms in total. The highest BCUT2D eigenvalue weighted by molar-refractivity contribution is 5.10. The van der Waals surface area contributed by atoms with Crippen LogP contribution in [0.5, 0.6) is 0 Å². The number of nitrogens with one attached hydrogen (secondary N) is 1. The summed E-state index contributed by atoms with van der Waals surface area (Å²) < 4.78 is 30.9. The van der Waals surface area contributed by atoms with E-state index in [4.69, 9.17) is 4.74 Å². The van der Waals surface area contributed by atoms with Gasteiger partial charge in [-0.1, -0.05) is 13.8 Å². The van der Waals surface area contributed by atoms with Crippen LogP contribution < -0.4 is 5.32 Å². The Balaban J connectivity index is 2.48. The maximum Gasteiger partial charge on any atom is 0.261 e. The molecule has 6 heteroatoms. The lowest BCUT2D eigenvalue weighted by molar-refractivity contribution is 0.0143. The Bertz CT molecular complexity index is 358. The second-order valence-electron chi connectivity index (χ2n) is 4.80. The maximum atomic E-state index is 12.0. The number of aryl methyl sites for hydroxylation is 1. The molecule has 0 aliphatic rings. The zero-order valence-corrected chi connectivity index (χ0v) is 12.3. The van der Waals surface area contributed by atoms with E-state index in [1.54, 1.807) is 0 Å². The van der Waals surface area contributed by atoms with Crippen molar-refractivity contribution in [1.29, 1.82) is 0 Å². The van der Waals surface area contributed by atoms with Gasteiger partial charge in [-0.05, 0) is 25.8 Å². The van der Waals surface area contributed by atoms with Crippen LogP contribution in [-0.2, 0) is 11.3 Å². The number of hydrogen-bond acceptors (Lipinski definition) is 3. The van der Waals surface area contributed by atoms with E-state index in [0.29, 0.717) is 13.0 Å². The Morgan fingerprint density at radius 1 is 1.35 bits per heavy atom. The highest BCUT2D eigenvalue weighted by Crippen LogP contribution is 2.16. The number of halogens is 2. The van der Waals surface area contributed by atoms with E-state index in [1.807, 2.05) is 17.1 Å². The van der Waals surface area contributed by atoms with Gasteiger partial charge in [0.25, 0.3) is 6.43 Å². The van der Waals surface area contributed by atoms with Crippen molar-refractivity contribution < 1.29 is 13.5 Å². The van der Waals surface area contributed by atoms with Gasteiger partial charge in [-0.2, -0.15) is 5.10 Å². The first-order valence-corrected chi connectivity index (χ1v) is 7.29. The minimum absolute atomic E-state index is 0.109. The predicted molar refractivity (Wildman–Crippen MR) is 75.0 cm³/mol. The summed E-state index contributed by atoms with van der Waals surface area (Å²) in [5.74, 6) is 0. The monoisotopic (exact) mass is 289 g/mol. The van der Waals surface area contributed by atoms with Crippen LogP contribution >= 0.6 is 0 Å². The molecule has 1 aromatic heterocycles. The largest absolute Gasteiger partial charge is 0.375 e. The normalized spacial score (nSPS) is 13.1. The molecule has 0 aromatic carbocycles. The Morgan fingerprint density at radius 2 is 2.15 bits per heavy atom. The fraction of sp³-hybridized carbons (Fsp3) is 0.786. The number of rotatable bonds is 11. The van der Waals surface area contributed by atoms with Gasteiger partial charge in [0, 0.05) is 31.0 Å². The van der Waals surface area contributed by atoms with E-state index in [0.717, 1.165) is 31.5 Å². The van der Waals surface area contributed by atoms with Gasteiger partial charge in [-0.15, -0.1) is 0 Å². The molecule has 1 rings (SSSR count). The summed E-state index contributed by atoms with van der Waals surface area (Å²) in [6, 6.07) is 0.109. The molecule has 1 heterocycles. The molecule has 116 valence electrons. The first-order chi connectivity index (χ1) is 9.67. The first-order valence-electron chi connectivity index (χ1n) is 7.29. The van der Waals surface area contributed by atoms with Crippen LogP contribution in [0.2, 0.25) is 0 Å². The van der Waals surface area contributed by atoms with Crippen molar-refractivity contribution in [2.75, 3.05) is 19.8 Å². The fourth-order valence-electron chi connectivity index (χ4n) is 1.99. The van der Waals surface area contributed by atoms with Gasteiger partial charge in [-0.25, -0.2) is 8.78 Å². The minimum atomic E-state index is -2.40. The van der Waals surface area contributed by atoms with Gasteiger partial charge in [0.15, 0.2) is 0 Å². The molecule has 0 saturated heterocycles. The molecule has 1 aromatic rings. The number of ether oxygens (including phenoxy) is 1. The van der Waals surface area contributed by atoms with Crippen LogP contribution in [0, 0.1) is 0 Å². The highest BCUT2D eigenvalue weighted by Gasteiger charge is 2.13. The molecule has 0 saturated carbocycles. The zero-order valence-electron chi connectivity index (χ0n) is 12.3. The Kier molecular flexibility index (Phi) is 8.37. The average molecular weight is 289 g/mol. The first kappa shape index (κ1) is 17.0. The molecule has 1 N–H and O–H groups in total. The van der Waals surface area contributed by atoms with Crippen molar-refractivity contribution in [3.63, 3.8) is 0 Å². The molecule has 1 atom stereocenters. The summed E-state index contributed by atoms with van der Waals surface area (Å²) in [6.45, 7) is 5.81. The highest BCUT2D eigenvalue weighted by atomic mass is 19.3. The van der Waals surface area contributed by atoms with Crippen LogP contribution in [0.25, 0.3) is 0 Å². The number of hydrogen-bond donors (Lipinski definition) is 1. The topological polar surface area (TPSA) is 39.1 Å². The standard InChI is InChI=1S/C14H25F2N3O/c1-3-6-17-13(5-8-20-11-14(15)16)12-9-18-19(10-12)7-4-2/h9-10,13-14,17H,3-8,11H2,1-2H3. The summed E-state index contributed by atoms with van der Waals surface area (Å²) >= 11 is 0. The van der Waals surface area contributed by atoms with Gasteiger partial charge in [-0.3, -0.25) is 4.68 Å². The molecule has 20 heavy (non-hydrogen) atoms. The summed E-state index contributed by atoms with van der Waals surface area (Å²) in [5.41, 5.74) is 1.09.